The summed E-state index contributed by atoms with van der Waals surface area (Å²) in [5.41, 5.74) is -0.0869. The van der Waals surface area contributed by atoms with E-state index in [-0.39, 0.29) is 0 Å². The molecule has 1 nitrogen and oxygen atoms in total. The van der Waals surface area contributed by atoms with Gasteiger partial charge in [0.1, 0.15) is 0 Å². The first-order valence-corrected chi connectivity index (χ1v) is 4.97. The Bertz CT molecular complexity index is 211. The van der Waals surface area contributed by atoms with Gasteiger partial charge in [-0.1, -0.05) is 25.8 Å². The van der Waals surface area contributed by atoms with E-state index in [1.54, 1.807) is 6.08 Å². The fourth-order valence-corrected chi connectivity index (χ4v) is 3.32. The van der Waals surface area contributed by atoms with E-state index in [9.17, 15) is 5.11 Å². The van der Waals surface area contributed by atoms with Gasteiger partial charge < -0.3 is 5.11 Å². The standard InChI is InChI=1S/C11H18O/c1-3-11(12)8-10(2)7-5-4-6-9(10)11/h3,9,12H,1,4-8H2,2H3/t9-,10-,11+/m0/s1. The van der Waals surface area contributed by atoms with Gasteiger partial charge in [0.25, 0.3) is 0 Å². The number of fused-ring (bicyclic) bond motifs is 1. The van der Waals surface area contributed by atoms with Gasteiger partial charge in [-0.2, -0.15) is 0 Å². The van der Waals surface area contributed by atoms with E-state index >= 15 is 0 Å². The summed E-state index contributed by atoms with van der Waals surface area (Å²) in [5, 5.41) is 10.1. The lowest BCUT2D eigenvalue weighted by molar-refractivity contribution is -0.173. The molecule has 0 aromatic rings. The highest BCUT2D eigenvalue weighted by Gasteiger charge is 2.58. The van der Waals surface area contributed by atoms with Crippen molar-refractivity contribution in [3.8, 4) is 0 Å². The first kappa shape index (κ1) is 8.31. The zero-order valence-corrected chi connectivity index (χ0v) is 7.84. The molecule has 2 aliphatic rings. The summed E-state index contributed by atoms with van der Waals surface area (Å²) < 4.78 is 0. The number of hydrogen-bond acceptors (Lipinski definition) is 1. The van der Waals surface area contributed by atoms with Gasteiger partial charge in [-0.05, 0) is 30.6 Å². The van der Waals surface area contributed by atoms with Crippen LogP contribution < -0.4 is 0 Å². The first-order chi connectivity index (χ1) is 5.61. The molecule has 3 atom stereocenters. The van der Waals surface area contributed by atoms with Crippen LogP contribution in [0.25, 0.3) is 0 Å². The van der Waals surface area contributed by atoms with E-state index in [0.717, 1.165) is 6.42 Å². The van der Waals surface area contributed by atoms with Crippen LogP contribution in [0.15, 0.2) is 12.7 Å². The van der Waals surface area contributed by atoms with Crippen LogP contribution in [0.4, 0.5) is 0 Å². The van der Waals surface area contributed by atoms with Crippen molar-refractivity contribution in [2.24, 2.45) is 11.3 Å². The molecule has 0 aromatic heterocycles. The fourth-order valence-electron chi connectivity index (χ4n) is 3.32. The largest absolute Gasteiger partial charge is 0.385 e. The summed E-state index contributed by atoms with van der Waals surface area (Å²) >= 11 is 0. The maximum Gasteiger partial charge on any atom is 0.0863 e. The molecule has 2 saturated carbocycles. The Kier molecular flexibility index (Phi) is 1.63. The van der Waals surface area contributed by atoms with Gasteiger partial charge in [0.05, 0.1) is 5.60 Å². The van der Waals surface area contributed by atoms with Crippen LogP contribution in [0.5, 0.6) is 0 Å². The van der Waals surface area contributed by atoms with Gasteiger partial charge >= 0.3 is 0 Å². The Balaban J connectivity index is 2.16. The van der Waals surface area contributed by atoms with Gasteiger partial charge in [0.2, 0.25) is 0 Å². The molecule has 68 valence electrons. The molecular weight excluding hydrogens is 148 g/mol. The minimum absolute atomic E-state index is 0.432. The number of rotatable bonds is 1. The number of hydrogen-bond donors (Lipinski definition) is 1. The Hall–Kier alpha value is -0.300. The van der Waals surface area contributed by atoms with E-state index in [4.69, 9.17) is 0 Å². The van der Waals surface area contributed by atoms with Gasteiger partial charge in [0.15, 0.2) is 0 Å². The fraction of sp³-hybridized carbons (Fsp3) is 0.818. The summed E-state index contributed by atoms with van der Waals surface area (Å²) in [6.07, 6.45) is 7.82. The van der Waals surface area contributed by atoms with Gasteiger partial charge in [0, 0.05) is 0 Å². The Morgan fingerprint density at radius 3 is 2.83 bits per heavy atom. The van der Waals surface area contributed by atoms with Crippen molar-refractivity contribution in [3.05, 3.63) is 12.7 Å². The molecule has 12 heavy (non-hydrogen) atoms. The highest BCUT2D eigenvalue weighted by molar-refractivity contribution is 5.17. The molecule has 0 unspecified atom stereocenters. The third-order valence-corrected chi connectivity index (χ3v) is 3.98. The van der Waals surface area contributed by atoms with Crippen molar-refractivity contribution in [1.82, 2.24) is 0 Å². The van der Waals surface area contributed by atoms with Crippen LogP contribution in [-0.2, 0) is 0 Å². The Morgan fingerprint density at radius 2 is 2.25 bits per heavy atom. The maximum atomic E-state index is 10.1. The first-order valence-electron chi connectivity index (χ1n) is 4.97. The Morgan fingerprint density at radius 1 is 1.50 bits per heavy atom. The molecule has 0 saturated heterocycles. The molecule has 2 aliphatic carbocycles. The zero-order chi connectivity index (χ0) is 8.82. The molecule has 2 rings (SSSR count). The van der Waals surface area contributed by atoms with Gasteiger partial charge in [-0.25, -0.2) is 0 Å². The minimum Gasteiger partial charge on any atom is -0.385 e. The van der Waals surface area contributed by atoms with Crippen LogP contribution >= 0.6 is 0 Å². The molecule has 0 heterocycles. The van der Waals surface area contributed by atoms with E-state index in [1.165, 1.54) is 25.7 Å². The number of aliphatic hydroxyl groups is 1. The molecule has 0 aliphatic heterocycles. The molecule has 1 heteroatoms. The van der Waals surface area contributed by atoms with Crippen molar-refractivity contribution in [2.45, 2.75) is 44.6 Å². The smallest absolute Gasteiger partial charge is 0.0863 e. The monoisotopic (exact) mass is 166 g/mol. The predicted octanol–water partition coefficient (Wildman–Crippen LogP) is 2.50. The van der Waals surface area contributed by atoms with E-state index in [0.29, 0.717) is 11.3 Å². The van der Waals surface area contributed by atoms with Crippen molar-refractivity contribution in [1.29, 1.82) is 0 Å². The summed E-state index contributed by atoms with van der Waals surface area (Å²) in [7, 11) is 0. The quantitative estimate of drug-likeness (QED) is 0.593. The molecule has 0 bridgehead atoms. The summed E-state index contributed by atoms with van der Waals surface area (Å²) in [4.78, 5) is 0. The van der Waals surface area contributed by atoms with E-state index in [2.05, 4.69) is 13.5 Å². The van der Waals surface area contributed by atoms with E-state index < -0.39 is 5.60 Å². The highest BCUT2D eigenvalue weighted by Crippen LogP contribution is 2.61. The summed E-state index contributed by atoms with van der Waals surface area (Å²) in [6, 6.07) is 0. The summed E-state index contributed by atoms with van der Waals surface area (Å²) in [5.74, 6) is 0.497. The SMILES string of the molecule is C=C[C@@]1(O)C[C@]2(C)CCCC[C@@H]21. The normalized spacial score (nSPS) is 52.3. The van der Waals surface area contributed by atoms with Crippen LogP contribution in [0.3, 0.4) is 0 Å². The van der Waals surface area contributed by atoms with Crippen LogP contribution in [0.2, 0.25) is 0 Å². The van der Waals surface area contributed by atoms with E-state index in [1.807, 2.05) is 0 Å². The molecule has 0 amide bonds. The van der Waals surface area contributed by atoms with Crippen LogP contribution in [-0.4, -0.2) is 10.7 Å². The van der Waals surface area contributed by atoms with Crippen molar-refractivity contribution >= 4 is 0 Å². The second-order valence-corrected chi connectivity index (χ2v) is 4.82. The molecular formula is C11H18O. The maximum absolute atomic E-state index is 10.1. The van der Waals surface area contributed by atoms with Crippen LogP contribution in [0, 0.1) is 11.3 Å². The minimum atomic E-state index is -0.519. The summed E-state index contributed by atoms with van der Waals surface area (Å²) in [6.45, 7) is 6.04. The molecule has 0 aromatic carbocycles. The topological polar surface area (TPSA) is 20.2 Å². The lowest BCUT2D eigenvalue weighted by Crippen LogP contribution is -2.60. The lowest BCUT2D eigenvalue weighted by Gasteiger charge is -2.60. The molecule has 0 radical (unpaired) electrons. The van der Waals surface area contributed by atoms with Crippen molar-refractivity contribution < 1.29 is 5.11 Å². The highest BCUT2D eigenvalue weighted by atomic mass is 16.3. The average Bonchev–Trinajstić information content (AvgIpc) is 2.02. The zero-order valence-electron chi connectivity index (χ0n) is 7.84. The van der Waals surface area contributed by atoms with Gasteiger partial charge in [-0.15, -0.1) is 6.58 Å². The van der Waals surface area contributed by atoms with Crippen LogP contribution in [0.1, 0.15) is 39.0 Å². The second-order valence-electron chi connectivity index (χ2n) is 4.82. The molecule has 2 fully saturated rings. The lowest BCUT2D eigenvalue weighted by atomic mass is 9.47. The molecule has 0 spiro atoms. The van der Waals surface area contributed by atoms with Crippen molar-refractivity contribution in [3.63, 3.8) is 0 Å². The third-order valence-electron chi connectivity index (χ3n) is 3.98. The Labute approximate surface area is 74.5 Å². The predicted molar refractivity (Wildman–Crippen MR) is 49.8 cm³/mol. The molecule has 1 N–H and O–H groups in total. The van der Waals surface area contributed by atoms with Crippen molar-refractivity contribution in [2.75, 3.05) is 0 Å². The van der Waals surface area contributed by atoms with Gasteiger partial charge in [-0.3, -0.25) is 0 Å². The second kappa shape index (κ2) is 2.35. The third kappa shape index (κ3) is 0.891. The average molecular weight is 166 g/mol.